The van der Waals surface area contributed by atoms with Gasteiger partial charge in [0.05, 0.1) is 0 Å². The van der Waals surface area contributed by atoms with Crippen LogP contribution in [0.5, 0.6) is 0 Å². The van der Waals surface area contributed by atoms with Gasteiger partial charge in [0.15, 0.2) is 0 Å². The lowest BCUT2D eigenvalue weighted by atomic mass is 9.93. The molecule has 0 unspecified atom stereocenters. The van der Waals surface area contributed by atoms with Gasteiger partial charge in [-0.05, 0) is 38.3 Å². The molecule has 0 bridgehead atoms. The van der Waals surface area contributed by atoms with E-state index in [2.05, 4.69) is 4.90 Å². The number of halogens is 3. The fourth-order valence-corrected chi connectivity index (χ4v) is 2.91. The third kappa shape index (κ3) is 2.91. The van der Waals surface area contributed by atoms with Gasteiger partial charge in [0, 0.05) is 12.6 Å². The number of amides is 1. The Morgan fingerprint density at radius 1 is 1.24 bits per heavy atom. The monoisotopic (exact) mass is 250 g/mol. The van der Waals surface area contributed by atoms with Crippen LogP contribution in [0.2, 0.25) is 0 Å². The predicted octanol–water partition coefficient (Wildman–Crippen LogP) is 1.54. The number of alkyl halides is 3. The fraction of sp³-hybridized carbons (Fsp3) is 0.909. The molecule has 2 rings (SSSR count). The summed E-state index contributed by atoms with van der Waals surface area (Å²) in [6.45, 7) is 2.16. The summed E-state index contributed by atoms with van der Waals surface area (Å²) in [6.07, 6.45) is -0.497. The van der Waals surface area contributed by atoms with Gasteiger partial charge in [-0.3, -0.25) is 4.79 Å². The molecule has 2 heterocycles. The van der Waals surface area contributed by atoms with Crippen LogP contribution >= 0.6 is 0 Å². The minimum atomic E-state index is -4.76. The van der Waals surface area contributed by atoms with Crippen LogP contribution < -0.4 is 5.32 Å². The molecule has 0 aromatic heterocycles. The molecule has 2 saturated heterocycles. The van der Waals surface area contributed by atoms with Gasteiger partial charge < -0.3 is 10.2 Å². The molecule has 98 valence electrons. The second-order valence-electron chi connectivity index (χ2n) is 4.86. The highest BCUT2D eigenvalue weighted by atomic mass is 19.4. The van der Waals surface area contributed by atoms with Gasteiger partial charge in [0.25, 0.3) is 0 Å². The highest BCUT2D eigenvalue weighted by Gasteiger charge is 2.40. The van der Waals surface area contributed by atoms with Crippen molar-refractivity contribution in [2.75, 3.05) is 19.6 Å². The number of hydrogen-bond acceptors (Lipinski definition) is 2. The molecule has 0 radical (unpaired) electrons. The van der Waals surface area contributed by atoms with E-state index >= 15 is 0 Å². The smallest absolute Gasteiger partial charge is 0.348 e. The first-order valence-electron chi connectivity index (χ1n) is 6.07. The second kappa shape index (κ2) is 4.84. The number of nitrogens with one attached hydrogen (secondary N) is 1. The molecule has 1 amide bonds. The highest BCUT2D eigenvalue weighted by Crippen LogP contribution is 2.31. The molecule has 0 aliphatic carbocycles. The Morgan fingerprint density at radius 2 is 2.00 bits per heavy atom. The van der Waals surface area contributed by atoms with Crippen LogP contribution in [0.1, 0.15) is 25.7 Å². The number of carbonyl (C=O) groups excluding carboxylic acids is 1. The minimum Gasteiger partial charge on any atom is -0.348 e. The highest BCUT2D eigenvalue weighted by molar-refractivity contribution is 5.81. The Balaban J connectivity index is 1.82. The van der Waals surface area contributed by atoms with Crippen molar-refractivity contribution < 1.29 is 18.0 Å². The van der Waals surface area contributed by atoms with Gasteiger partial charge in [-0.25, -0.2) is 0 Å². The topological polar surface area (TPSA) is 32.3 Å². The Hall–Kier alpha value is -0.780. The van der Waals surface area contributed by atoms with Gasteiger partial charge in [0.1, 0.15) is 0 Å². The van der Waals surface area contributed by atoms with Crippen molar-refractivity contribution in [3.8, 4) is 0 Å². The summed E-state index contributed by atoms with van der Waals surface area (Å²) in [6, 6.07) is 0.372. The van der Waals surface area contributed by atoms with Crippen LogP contribution in [0, 0.1) is 5.92 Å². The molecule has 0 spiro atoms. The van der Waals surface area contributed by atoms with Crippen molar-refractivity contribution in [3.05, 3.63) is 0 Å². The van der Waals surface area contributed by atoms with E-state index in [0.29, 0.717) is 6.04 Å². The van der Waals surface area contributed by atoms with E-state index < -0.39 is 12.1 Å². The molecule has 3 nitrogen and oxygen atoms in total. The maximum absolute atomic E-state index is 12.0. The van der Waals surface area contributed by atoms with E-state index in [1.807, 2.05) is 5.32 Å². The molecule has 0 aromatic carbocycles. The van der Waals surface area contributed by atoms with Gasteiger partial charge in [-0.15, -0.1) is 0 Å². The summed E-state index contributed by atoms with van der Waals surface area (Å²) in [5.74, 6) is -1.63. The third-order valence-electron chi connectivity index (χ3n) is 3.78. The standard InChI is InChI=1S/C11H17F3N2O/c12-11(13,14)10(17)15-7-8-4-6-16-5-2-1-3-9(8)16/h8-9H,1-7H2,(H,15,17)/t8-,9+/m1/s1. The van der Waals surface area contributed by atoms with Gasteiger partial charge in [0.2, 0.25) is 0 Å². The van der Waals surface area contributed by atoms with Crippen molar-refractivity contribution >= 4 is 5.91 Å². The fourth-order valence-electron chi connectivity index (χ4n) is 2.91. The first-order valence-corrected chi connectivity index (χ1v) is 6.07. The molecular formula is C11H17F3N2O. The number of nitrogens with zero attached hydrogens (tertiary/aromatic N) is 1. The molecule has 17 heavy (non-hydrogen) atoms. The van der Waals surface area contributed by atoms with Gasteiger partial charge >= 0.3 is 12.1 Å². The minimum absolute atomic E-state index is 0.152. The summed E-state index contributed by atoms with van der Waals surface area (Å²) in [5, 5.41) is 2.01. The molecule has 2 atom stereocenters. The summed E-state index contributed by atoms with van der Waals surface area (Å²) >= 11 is 0. The number of carbonyl (C=O) groups is 1. The molecule has 6 heteroatoms. The lowest BCUT2D eigenvalue weighted by molar-refractivity contribution is -0.173. The van der Waals surface area contributed by atoms with E-state index in [-0.39, 0.29) is 12.5 Å². The third-order valence-corrected chi connectivity index (χ3v) is 3.78. The molecule has 1 N–H and O–H groups in total. The first-order chi connectivity index (χ1) is 7.98. The largest absolute Gasteiger partial charge is 0.471 e. The average molecular weight is 250 g/mol. The van der Waals surface area contributed by atoms with Crippen LogP contribution in [-0.2, 0) is 4.79 Å². The number of piperidine rings is 1. The van der Waals surface area contributed by atoms with Crippen LogP contribution in [0.15, 0.2) is 0 Å². The van der Waals surface area contributed by atoms with Crippen LogP contribution in [0.4, 0.5) is 13.2 Å². The Morgan fingerprint density at radius 3 is 2.71 bits per heavy atom. The average Bonchev–Trinajstić information content (AvgIpc) is 2.68. The van der Waals surface area contributed by atoms with Crippen molar-refractivity contribution in [1.29, 1.82) is 0 Å². The number of fused-ring (bicyclic) bond motifs is 1. The molecule has 2 aliphatic heterocycles. The lowest BCUT2D eigenvalue weighted by Crippen LogP contribution is -2.43. The Kier molecular flexibility index (Phi) is 3.61. The maximum atomic E-state index is 12.0. The zero-order valence-electron chi connectivity index (χ0n) is 9.59. The SMILES string of the molecule is O=C(NC[C@H]1CCN2CCCC[C@@H]12)C(F)(F)F. The molecule has 0 aromatic rings. The molecule has 2 aliphatic rings. The second-order valence-corrected chi connectivity index (χ2v) is 4.86. The summed E-state index contributed by atoms with van der Waals surface area (Å²) in [5.41, 5.74) is 0. The summed E-state index contributed by atoms with van der Waals surface area (Å²) in [7, 11) is 0. The number of rotatable bonds is 2. The van der Waals surface area contributed by atoms with Crippen LogP contribution in [0.3, 0.4) is 0 Å². The van der Waals surface area contributed by atoms with Crippen molar-refractivity contribution in [2.45, 2.75) is 37.9 Å². The Bertz CT molecular complexity index is 293. The maximum Gasteiger partial charge on any atom is 0.471 e. The number of hydrogen-bond donors (Lipinski definition) is 1. The van der Waals surface area contributed by atoms with E-state index in [1.54, 1.807) is 0 Å². The van der Waals surface area contributed by atoms with E-state index in [9.17, 15) is 18.0 Å². The molecule has 2 fully saturated rings. The van der Waals surface area contributed by atoms with Gasteiger partial charge in [-0.2, -0.15) is 13.2 Å². The molecular weight excluding hydrogens is 233 g/mol. The quantitative estimate of drug-likeness (QED) is 0.806. The van der Waals surface area contributed by atoms with E-state index in [0.717, 1.165) is 32.4 Å². The van der Waals surface area contributed by atoms with Crippen molar-refractivity contribution in [1.82, 2.24) is 10.2 Å². The van der Waals surface area contributed by atoms with Crippen LogP contribution in [0.25, 0.3) is 0 Å². The van der Waals surface area contributed by atoms with E-state index in [1.165, 1.54) is 6.42 Å². The van der Waals surface area contributed by atoms with E-state index in [4.69, 9.17) is 0 Å². The van der Waals surface area contributed by atoms with Crippen LogP contribution in [-0.4, -0.2) is 42.7 Å². The first kappa shape index (κ1) is 12.7. The normalized spacial score (nSPS) is 30.1. The Labute approximate surface area is 98.3 Å². The van der Waals surface area contributed by atoms with Gasteiger partial charge in [-0.1, -0.05) is 6.42 Å². The van der Waals surface area contributed by atoms with Crippen molar-refractivity contribution in [3.63, 3.8) is 0 Å². The van der Waals surface area contributed by atoms with Crippen molar-refractivity contribution in [2.24, 2.45) is 5.92 Å². The summed E-state index contributed by atoms with van der Waals surface area (Å²) in [4.78, 5) is 13.1. The predicted molar refractivity (Wildman–Crippen MR) is 56.4 cm³/mol. The molecule has 0 saturated carbocycles. The lowest BCUT2D eigenvalue weighted by Gasteiger charge is -2.32. The summed E-state index contributed by atoms with van der Waals surface area (Å²) < 4.78 is 36.1. The zero-order chi connectivity index (χ0) is 12.5. The zero-order valence-corrected chi connectivity index (χ0v) is 9.59.